The highest BCUT2D eigenvalue weighted by molar-refractivity contribution is 5.89. The molecule has 4 aromatic rings. The summed E-state index contributed by atoms with van der Waals surface area (Å²) in [7, 11) is 0. The first-order valence-electron chi connectivity index (χ1n) is 9.94. The van der Waals surface area contributed by atoms with E-state index in [1.54, 1.807) is 12.5 Å². The largest absolute Gasteiger partial charge is 0.469 e. The molecule has 7 heteroatoms. The van der Waals surface area contributed by atoms with Crippen LogP contribution in [0.2, 0.25) is 0 Å². The Kier molecular flexibility index (Phi) is 5.29. The molecule has 4 heterocycles. The van der Waals surface area contributed by atoms with Crippen LogP contribution in [0.1, 0.15) is 42.5 Å². The minimum Gasteiger partial charge on any atom is -0.469 e. The van der Waals surface area contributed by atoms with Crippen LogP contribution in [0.4, 0.5) is 0 Å². The van der Waals surface area contributed by atoms with Crippen molar-refractivity contribution < 1.29 is 9.21 Å². The molecule has 29 heavy (non-hydrogen) atoms. The molecule has 0 aliphatic rings. The second-order valence-corrected chi connectivity index (χ2v) is 7.46. The average molecular weight is 391 g/mol. The smallest absolute Gasteiger partial charge is 0.220 e. The van der Waals surface area contributed by atoms with Gasteiger partial charge in [-0.25, -0.2) is 14.5 Å². The fourth-order valence-corrected chi connectivity index (χ4v) is 3.70. The maximum absolute atomic E-state index is 12.4. The van der Waals surface area contributed by atoms with Crippen LogP contribution in [0.15, 0.2) is 41.1 Å². The lowest BCUT2D eigenvalue weighted by Gasteiger charge is -2.14. The topological polar surface area (TPSA) is 85.3 Å². The summed E-state index contributed by atoms with van der Waals surface area (Å²) in [6.07, 6.45) is 6.11. The van der Waals surface area contributed by atoms with E-state index in [9.17, 15) is 4.79 Å². The second kappa shape index (κ2) is 8.03. The minimum absolute atomic E-state index is 0.0446. The van der Waals surface area contributed by atoms with Gasteiger partial charge >= 0.3 is 0 Å². The number of carbonyl (C=O) groups excluding carboxylic acids is 1. The van der Waals surface area contributed by atoms with Gasteiger partial charge in [0.1, 0.15) is 5.76 Å². The first-order chi connectivity index (χ1) is 14.0. The maximum Gasteiger partial charge on any atom is 0.220 e. The van der Waals surface area contributed by atoms with Crippen molar-refractivity contribution in [1.82, 2.24) is 24.9 Å². The molecular formula is C22H25N5O2. The molecule has 150 valence electrons. The Bertz CT molecular complexity index is 1150. The lowest BCUT2D eigenvalue weighted by Crippen LogP contribution is -2.33. The van der Waals surface area contributed by atoms with E-state index in [2.05, 4.69) is 15.4 Å². The zero-order chi connectivity index (χ0) is 20.4. The molecule has 4 aromatic heterocycles. The number of amides is 1. The summed E-state index contributed by atoms with van der Waals surface area (Å²) in [5.41, 5.74) is 4.48. The summed E-state index contributed by atoms with van der Waals surface area (Å²) in [6, 6.07) is 7.80. The Labute approximate surface area is 169 Å². The highest BCUT2D eigenvalue weighted by Crippen LogP contribution is 2.21. The van der Waals surface area contributed by atoms with Crippen molar-refractivity contribution in [3.05, 3.63) is 59.4 Å². The quantitative estimate of drug-likeness (QED) is 0.521. The van der Waals surface area contributed by atoms with Crippen LogP contribution < -0.4 is 5.32 Å². The van der Waals surface area contributed by atoms with Crippen molar-refractivity contribution in [1.29, 1.82) is 0 Å². The predicted molar refractivity (Wildman–Crippen MR) is 111 cm³/mol. The van der Waals surface area contributed by atoms with Gasteiger partial charge in [0.05, 0.1) is 11.6 Å². The van der Waals surface area contributed by atoms with Gasteiger partial charge in [-0.15, -0.1) is 5.10 Å². The first kappa shape index (κ1) is 19.1. The molecule has 0 saturated heterocycles. The number of aromatic nitrogens is 4. The summed E-state index contributed by atoms with van der Waals surface area (Å²) in [5.74, 6) is 0.987. The molecule has 1 unspecified atom stereocenters. The van der Waals surface area contributed by atoms with Gasteiger partial charge in [0, 0.05) is 36.5 Å². The third-order valence-corrected chi connectivity index (χ3v) is 5.30. The molecule has 0 aromatic carbocycles. The Morgan fingerprint density at radius 3 is 2.90 bits per heavy atom. The number of hydrogen-bond donors (Lipinski definition) is 1. The Morgan fingerprint density at radius 1 is 1.24 bits per heavy atom. The van der Waals surface area contributed by atoms with Crippen LogP contribution in [0.5, 0.6) is 0 Å². The van der Waals surface area contributed by atoms with Gasteiger partial charge in [0.15, 0.2) is 11.3 Å². The number of hydrogen-bond acceptors (Lipinski definition) is 5. The van der Waals surface area contributed by atoms with Crippen LogP contribution in [0, 0.1) is 13.8 Å². The summed E-state index contributed by atoms with van der Waals surface area (Å²) in [5, 5.41) is 8.59. The average Bonchev–Trinajstić information content (AvgIpc) is 3.34. The van der Waals surface area contributed by atoms with E-state index in [0.717, 1.165) is 46.6 Å². The Morgan fingerprint density at radius 2 is 2.10 bits per heavy atom. The molecule has 1 amide bonds. The molecule has 1 N–H and O–H groups in total. The van der Waals surface area contributed by atoms with E-state index in [4.69, 9.17) is 9.40 Å². The van der Waals surface area contributed by atoms with E-state index in [1.165, 1.54) is 0 Å². The van der Waals surface area contributed by atoms with Crippen LogP contribution >= 0.6 is 0 Å². The van der Waals surface area contributed by atoms with E-state index in [1.807, 2.05) is 49.6 Å². The van der Waals surface area contributed by atoms with Gasteiger partial charge in [-0.05, 0) is 63.4 Å². The summed E-state index contributed by atoms with van der Waals surface area (Å²) in [4.78, 5) is 21.5. The summed E-state index contributed by atoms with van der Waals surface area (Å²) >= 11 is 0. The zero-order valence-electron chi connectivity index (χ0n) is 17.0. The fraction of sp³-hybridized carbons (Fsp3) is 0.364. The number of aryl methyl sites for hydroxylation is 3. The van der Waals surface area contributed by atoms with E-state index in [-0.39, 0.29) is 11.9 Å². The lowest BCUT2D eigenvalue weighted by molar-refractivity contribution is -0.121. The van der Waals surface area contributed by atoms with Gasteiger partial charge in [-0.1, -0.05) is 0 Å². The third kappa shape index (κ3) is 3.99. The normalized spacial score (nSPS) is 12.5. The number of carbonyl (C=O) groups is 1. The van der Waals surface area contributed by atoms with Crippen LogP contribution in [-0.4, -0.2) is 31.5 Å². The first-order valence-corrected chi connectivity index (χ1v) is 9.94. The number of fused-ring (bicyclic) bond motifs is 3. The predicted octanol–water partition coefficient (Wildman–Crippen LogP) is 3.56. The van der Waals surface area contributed by atoms with Gasteiger partial charge in [-0.3, -0.25) is 4.79 Å². The molecular weight excluding hydrogens is 366 g/mol. The molecule has 0 aliphatic carbocycles. The number of pyridine rings is 1. The summed E-state index contributed by atoms with van der Waals surface area (Å²) in [6.45, 7) is 6.03. The van der Waals surface area contributed by atoms with Gasteiger partial charge in [0.25, 0.3) is 0 Å². The molecule has 0 fully saturated rings. The van der Waals surface area contributed by atoms with Crippen molar-refractivity contribution >= 4 is 22.6 Å². The maximum atomic E-state index is 12.4. The van der Waals surface area contributed by atoms with E-state index in [0.29, 0.717) is 18.5 Å². The SMILES string of the molecule is Cc1nc2c3cccnc3nn2c(C)c1CCC(=O)NC(C)CCc1ccco1. The van der Waals surface area contributed by atoms with Gasteiger partial charge in [-0.2, -0.15) is 0 Å². The molecule has 1 atom stereocenters. The number of nitrogens with zero attached hydrogens (tertiary/aromatic N) is 4. The standard InChI is InChI=1S/C22H25N5O2/c1-14(8-9-17-6-5-13-29-17)24-20(28)11-10-18-15(2)25-22-19-7-4-12-23-21(19)26-27(22)16(18)3/h4-7,12-14H,8-11H2,1-3H3,(H,24,28). The van der Waals surface area contributed by atoms with Crippen molar-refractivity contribution in [2.24, 2.45) is 0 Å². The van der Waals surface area contributed by atoms with Crippen molar-refractivity contribution in [3.8, 4) is 0 Å². The molecule has 0 spiro atoms. The highest BCUT2D eigenvalue weighted by Gasteiger charge is 2.16. The molecule has 0 aliphatic heterocycles. The van der Waals surface area contributed by atoms with Crippen LogP contribution in [0.3, 0.4) is 0 Å². The number of furan rings is 1. The number of rotatable bonds is 7. The molecule has 0 bridgehead atoms. The van der Waals surface area contributed by atoms with E-state index >= 15 is 0 Å². The van der Waals surface area contributed by atoms with Crippen molar-refractivity contribution in [2.75, 3.05) is 0 Å². The second-order valence-electron chi connectivity index (χ2n) is 7.46. The van der Waals surface area contributed by atoms with Gasteiger partial charge in [0.2, 0.25) is 5.91 Å². The molecule has 7 nitrogen and oxygen atoms in total. The molecule has 4 rings (SSSR count). The summed E-state index contributed by atoms with van der Waals surface area (Å²) < 4.78 is 7.18. The molecule has 0 radical (unpaired) electrons. The highest BCUT2D eigenvalue weighted by atomic mass is 16.3. The monoisotopic (exact) mass is 391 g/mol. The third-order valence-electron chi connectivity index (χ3n) is 5.30. The Balaban J connectivity index is 1.42. The molecule has 0 saturated carbocycles. The van der Waals surface area contributed by atoms with E-state index < -0.39 is 0 Å². The van der Waals surface area contributed by atoms with Crippen LogP contribution in [-0.2, 0) is 17.6 Å². The van der Waals surface area contributed by atoms with Crippen LogP contribution in [0.25, 0.3) is 16.7 Å². The number of nitrogens with one attached hydrogen (secondary N) is 1. The Hall–Kier alpha value is -3.22. The van der Waals surface area contributed by atoms with Crippen molar-refractivity contribution in [3.63, 3.8) is 0 Å². The van der Waals surface area contributed by atoms with Gasteiger partial charge < -0.3 is 9.73 Å². The zero-order valence-corrected chi connectivity index (χ0v) is 17.0. The lowest BCUT2D eigenvalue weighted by atomic mass is 10.1. The fourth-order valence-electron chi connectivity index (χ4n) is 3.70. The van der Waals surface area contributed by atoms with Crippen molar-refractivity contribution in [2.45, 2.75) is 52.5 Å². The minimum atomic E-state index is 0.0446.